The number of hydrogen-bond donors (Lipinski definition) is 0. The first-order valence-electron chi connectivity index (χ1n) is 7.54. The Balaban J connectivity index is 3.95. The standard InChI is InChI=1S/C14H32O3Si/c1-4-7-10-15-13-14(18,16-11-8-5-2)17-12-9-6-3/h4-13H2,1-3,18H3. The van der Waals surface area contributed by atoms with E-state index in [9.17, 15) is 0 Å². The second-order valence-electron chi connectivity index (χ2n) is 4.94. The van der Waals surface area contributed by atoms with Crippen LogP contribution in [0.4, 0.5) is 0 Å². The minimum absolute atomic E-state index is 0.432. The van der Waals surface area contributed by atoms with Crippen LogP contribution in [-0.2, 0) is 14.2 Å². The predicted octanol–water partition coefficient (Wildman–Crippen LogP) is 2.46. The largest absolute Gasteiger partial charge is 0.376 e. The third-order valence-electron chi connectivity index (χ3n) is 2.82. The van der Waals surface area contributed by atoms with Crippen molar-refractivity contribution in [3.63, 3.8) is 0 Å². The van der Waals surface area contributed by atoms with Crippen LogP contribution < -0.4 is 0 Å². The van der Waals surface area contributed by atoms with Crippen LogP contribution >= 0.6 is 0 Å². The predicted molar refractivity (Wildman–Crippen MR) is 80.1 cm³/mol. The molecule has 0 aromatic carbocycles. The average Bonchev–Trinajstić information content (AvgIpc) is 2.36. The highest BCUT2D eigenvalue weighted by Crippen LogP contribution is 2.12. The lowest BCUT2D eigenvalue weighted by atomic mass is 10.3. The molecule has 3 nitrogen and oxygen atoms in total. The van der Waals surface area contributed by atoms with Gasteiger partial charge in [-0.1, -0.05) is 40.0 Å². The molecule has 0 aliphatic heterocycles. The first kappa shape index (κ1) is 18.1. The van der Waals surface area contributed by atoms with E-state index in [0.29, 0.717) is 6.61 Å². The molecule has 0 aromatic rings. The molecule has 0 spiro atoms. The monoisotopic (exact) mass is 276 g/mol. The highest BCUT2D eigenvalue weighted by molar-refractivity contribution is 6.13. The number of ether oxygens (including phenoxy) is 3. The Kier molecular flexibility index (Phi) is 12.2. The van der Waals surface area contributed by atoms with Crippen LogP contribution in [0.2, 0.25) is 0 Å². The van der Waals surface area contributed by atoms with Crippen LogP contribution in [0.3, 0.4) is 0 Å². The first-order chi connectivity index (χ1) is 8.68. The third kappa shape index (κ3) is 10.1. The maximum atomic E-state index is 5.91. The van der Waals surface area contributed by atoms with E-state index >= 15 is 0 Å². The molecule has 0 fully saturated rings. The number of hydrogen-bond acceptors (Lipinski definition) is 3. The van der Waals surface area contributed by atoms with E-state index in [1.54, 1.807) is 0 Å². The zero-order valence-corrected chi connectivity index (χ0v) is 14.8. The Bertz CT molecular complexity index is 166. The summed E-state index contributed by atoms with van der Waals surface area (Å²) in [6, 6.07) is 0. The quantitative estimate of drug-likeness (QED) is 0.294. The van der Waals surface area contributed by atoms with Gasteiger partial charge in [-0.3, -0.25) is 0 Å². The van der Waals surface area contributed by atoms with E-state index in [-0.39, 0.29) is 0 Å². The summed E-state index contributed by atoms with van der Waals surface area (Å²) in [6.07, 6.45) is 6.78. The van der Waals surface area contributed by atoms with Gasteiger partial charge in [0.05, 0.1) is 16.8 Å². The maximum absolute atomic E-state index is 5.91. The average molecular weight is 276 g/mol. The van der Waals surface area contributed by atoms with Crippen molar-refractivity contribution in [1.82, 2.24) is 0 Å². The molecular formula is C14H32O3Si. The van der Waals surface area contributed by atoms with Crippen molar-refractivity contribution in [3.8, 4) is 0 Å². The highest BCUT2D eigenvalue weighted by atomic mass is 28.1. The molecule has 0 N–H and O–H groups in total. The van der Waals surface area contributed by atoms with E-state index in [2.05, 4.69) is 20.8 Å². The molecule has 0 unspecified atom stereocenters. The zero-order valence-electron chi connectivity index (χ0n) is 12.8. The summed E-state index contributed by atoms with van der Waals surface area (Å²) in [7, 11) is 0.851. The van der Waals surface area contributed by atoms with Crippen LogP contribution in [0.25, 0.3) is 0 Å². The first-order valence-corrected chi connectivity index (χ1v) is 8.54. The minimum Gasteiger partial charge on any atom is -0.376 e. The van der Waals surface area contributed by atoms with Gasteiger partial charge in [-0.15, -0.1) is 0 Å². The van der Waals surface area contributed by atoms with E-state index in [0.717, 1.165) is 62.2 Å². The van der Waals surface area contributed by atoms with Crippen molar-refractivity contribution >= 4 is 10.2 Å². The lowest BCUT2D eigenvalue weighted by Gasteiger charge is -2.30. The summed E-state index contributed by atoms with van der Waals surface area (Å²) in [6.45, 7) is 9.49. The van der Waals surface area contributed by atoms with E-state index in [1.165, 1.54) is 6.42 Å². The molecular weight excluding hydrogens is 244 g/mol. The molecule has 0 radical (unpaired) electrons. The van der Waals surface area contributed by atoms with Gasteiger partial charge in [0.25, 0.3) is 0 Å². The van der Waals surface area contributed by atoms with Gasteiger partial charge < -0.3 is 14.2 Å². The fourth-order valence-electron chi connectivity index (χ4n) is 1.49. The minimum atomic E-state index is -0.432. The Morgan fingerprint density at radius 3 is 1.67 bits per heavy atom. The lowest BCUT2D eigenvalue weighted by molar-refractivity contribution is -0.207. The lowest BCUT2D eigenvalue weighted by Crippen LogP contribution is -2.42. The van der Waals surface area contributed by atoms with Gasteiger partial charge in [0.15, 0.2) is 5.41 Å². The Morgan fingerprint density at radius 2 is 1.22 bits per heavy atom. The van der Waals surface area contributed by atoms with Crippen molar-refractivity contribution in [2.75, 3.05) is 26.4 Å². The van der Waals surface area contributed by atoms with Gasteiger partial charge in [0.1, 0.15) is 0 Å². The van der Waals surface area contributed by atoms with Crippen molar-refractivity contribution in [1.29, 1.82) is 0 Å². The molecule has 4 heteroatoms. The summed E-state index contributed by atoms with van der Waals surface area (Å²) in [5.41, 5.74) is -0.432. The summed E-state index contributed by atoms with van der Waals surface area (Å²) in [5, 5.41) is 0. The molecule has 0 heterocycles. The molecule has 0 bridgehead atoms. The van der Waals surface area contributed by atoms with E-state index < -0.39 is 5.41 Å². The van der Waals surface area contributed by atoms with Gasteiger partial charge in [-0.2, -0.15) is 0 Å². The summed E-state index contributed by atoms with van der Waals surface area (Å²) in [4.78, 5) is 0. The Hall–Kier alpha value is 0.0969. The van der Waals surface area contributed by atoms with Crippen LogP contribution in [0.5, 0.6) is 0 Å². The van der Waals surface area contributed by atoms with E-state index in [4.69, 9.17) is 14.2 Å². The summed E-state index contributed by atoms with van der Waals surface area (Å²) < 4.78 is 17.5. The summed E-state index contributed by atoms with van der Waals surface area (Å²) >= 11 is 0. The van der Waals surface area contributed by atoms with Gasteiger partial charge >= 0.3 is 0 Å². The normalized spacial score (nSPS) is 12.2. The van der Waals surface area contributed by atoms with Crippen LogP contribution in [-0.4, -0.2) is 42.1 Å². The van der Waals surface area contributed by atoms with Gasteiger partial charge in [-0.05, 0) is 19.3 Å². The smallest absolute Gasteiger partial charge is 0.163 e. The second-order valence-corrected chi connectivity index (χ2v) is 6.47. The van der Waals surface area contributed by atoms with Crippen LogP contribution in [0.15, 0.2) is 0 Å². The zero-order chi connectivity index (χ0) is 13.7. The Morgan fingerprint density at radius 1 is 0.778 bits per heavy atom. The molecule has 0 aliphatic carbocycles. The number of unbranched alkanes of at least 4 members (excludes halogenated alkanes) is 3. The number of rotatable bonds is 13. The topological polar surface area (TPSA) is 27.7 Å². The molecule has 18 heavy (non-hydrogen) atoms. The van der Waals surface area contributed by atoms with Crippen molar-refractivity contribution in [3.05, 3.63) is 0 Å². The van der Waals surface area contributed by atoms with Gasteiger partial charge in [0, 0.05) is 19.8 Å². The molecule has 0 saturated carbocycles. The van der Waals surface area contributed by atoms with Crippen LogP contribution in [0.1, 0.15) is 59.3 Å². The molecule has 0 aromatic heterocycles. The molecule has 0 amide bonds. The fourth-order valence-corrected chi connectivity index (χ4v) is 2.11. The molecule has 0 aliphatic rings. The highest BCUT2D eigenvalue weighted by Gasteiger charge is 2.25. The van der Waals surface area contributed by atoms with Gasteiger partial charge in [-0.25, -0.2) is 0 Å². The van der Waals surface area contributed by atoms with Crippen molar-refractivity contribution in [2.24, 2.45) is 0 Å². The molecule has 0 rings (SSSR count). The molecule has 0 saturated heterocycles. The van der Waals surface area contributed by atoms with E-state index in [1.807, 2.05) is 0 Å². The van der Waals surface area contributed by atoms with Crippen molar-refractivity contribution < 1.29 is 14.2 Å². The fraction of sp³-hybridized carbons (Fsp3) is 1.00. The van der Waals surface area contributed by atoms with Crippen LogP contribution in [0, 0.1) is 0 Å². The van der Waals surface area contributed by atoms with Crippen molar-refractivity contribution in [2.45, 2.75) is 64.7 Å². The molecule has 0 atom stereocenters. The Labute approximate surface area is 116 Å². The third-order valence-corrected chi connectivity index (χ3v) is 3.68. The molecule has 110 valence electrons. The summed E-state index contributed by atoms with van der Waals surface area (Å²) in [5.74, 6) is 0. The SMILES string of the molecule is CCCCOCC([SiH3])(OCCCC)OCCCC. The maximum Gasteiger partial charge on any atom is 0.163 e. The second kappa shape index (κ2) is 12.1. The van der Waals surface area contributed by atoms with Gasteiger partial charge in [0.2, 0.25) is 0 Å².